The Labute approximate surface area is 162 Å². The van der Waals surface area contributed by atoms with Crippen molar-refractivity contribution in [1.82, 2.24) is 15.5 Å². The van der Waals surface area contributed by atoms with Gasteiger partial charge in [0.2, 0.25) is 0 Å². The Morgan fingerprint density at radius 1 is 1.07 bits per heavy atom. The molecule has 2 aliphatic rings. The summed E-state index contributed by atoms with van der Waals surface area (Å²) in [5.74, 6) is 0.535. The molecule has 0 bridgehead atoms. The van der Waals surface area contributed by atoms with Gasteiger partial charge in [-0.05, 0) is 23.3 Å². The largest absolute Gasteiger partial charge is 0.489 e. The molecule has 3 N–H and O–H groups in total. The molecule has 7 nitrogen and oxygen atoms in total. The van der Waals surface area contributed by atoms with Gasteiger partial charge in [0.15, 0.2) is 0 Å². The SMILES string of the molecule is O=C1NC2=C(C(=O)N(CCO)C2)[C@H](c2ccc(OCc3ccccc3)cc2)N1. The molecule has 0 saturated carbocycles. The lowest BCUT2D eigenvalue weighted by Crippen LogP contribution is -2.44. The molecule has 0 fully saturated rings. The van der Waals surface area contributed by atoms with E-state index in [1.165, 1.54) is 4.90 Å². The van der Waals surface area contributed by atoms with Gasteiger partial charge >= 0.3 is 6.03 Å². The zero-order valence-corrected chi connectivity index (χ0v) is 15.2. The average Bonchev–Trinajstić information content (AvgIpc) is 3.02. The molecule has 0 radical (unpaired) electrons. The van der Waals surface area contributed by atoms with Gasteiger partial charge in [0.25, 0.3) is 5.91 Å². The molecule has 0 aromatic heterocycles. The number of β-amino-alcohol motifs (C(OH)–C–C–N with tert-alkyl or cyclic N) is 1. The van der Waals surface area contributed by atoms with E-state index < -0.39 is 6.04 Å². The Hall–Kier alpha value is -3.32. The number of amides is 3. The predicted octanol–water partition coefficient (Wildman–Crippen LogP) is 1.71. The van der Waals surface area contributed by atoms with Crippen molar-refractivity contribution in [3.63, 3.8) is 0 Å². The summed E-state index contributed by atoms with van der Waals surface area (Å²) in [6.07, 6.45) is 0. The summed E-state index contributed by atoms with van der Waals surface area (Å²) in [7, 11) is 0. The van der Waals surface area contributed by atoms with Crippen LogP contribution in [-0.2, 0) is 11.4 Å². The number of carbonyl (C=O) groups excluding carboxylic acids is 2. The van der Waals surface area contributed by atoms with Crippen molar-refractivity contribution in [2.45, 2.75) is 12.6 Å². The summed E-state index contributed by atoms with van der Waals surface area (Å²) in [5, 5.41) is 14.7. The number of carbonyl (C=O) groups is 2. The van der Waals surface area contributed by atoms with Crippen molar-refractivity contribution in [2.24, 2.45) is 0 Å². The summed E-state index contributed by atoms with van der Waals surface area (Å²) in [6.45, 7) is 0.886. The lowest BCUT2D eigenvalue weighted by molar-refractivity contribution is -0.126. The maximum Gasteiger partial charge on any atom is 0.319 e. The first-order valence-electron chi connectivity index (χ1n) is 9.13. The first-order valence-corrected chi connectivity index (χ1v) is 9.13. The third-order valence-electron chi connectivity index (χ3n) is 4.85. The van der Waals surface area contributed by atoms with Gasteiger partial charge in [-0.1, -0.05) is 42.5 Å². The normalized spacial score (nSPS) is 18.6. The highest BCUT2D eigenvalue weighted by molar-refractivity contribution is 6.01. The zero-order chi connectivity index (χ0) is 19.5. The topological polar surface area (TPSA) is 90.9 Å². The first-order chi connectivity index (χ1) is 13.7. The highest BCUT2D eigenvalue weighted by atomic mass is 16.5. The summed E-state index contributed by atoms with van der Waals surface area (Å²) in [4.78, 5) is 26.2. The second-order valence-electron chi connectivity index (χ2n) is 6.72. The minimum atomic E-state index is -0.525. The number of nitrogens with zero attached hydrogens (tertiary/aromatic N) is 1. The van der Waals surface area contributed by atoms with Crippen molar-refractivity contribution in [3.8, 4) is 5.75 Å². The van der Waals surface area contributed by atoms with Gasteiger partial charge in [-0.2, -0.15) is 0 Å². The van der Waals surface area contributed by atoms with Crippen LogP contribution in [0.1, 0.15) is 17.2 Å². The average molecular weight is 379 g/mol. The van der Waals surface area contributed by atoms with Crippen LogP contribution >= 0.6 is 0 Å². The van der Waals surface area contributed by atoms with E-state index in [1.807, 2.05) is 54.6 Å². The molecule has 28 heavy (non-hydrogen) atoms. The number of benzene rings is 2. The molecule has 2 aromatic carbocycles. The van der Waals surface area contributed by atoms with E-state index in [-0.39, 0.29) is 25.1 Å². The highest BCUT2D eigenvalue weighted by Crippen LogP contribution is 2.33. The van der Waals surface area contributed by atoms with Gasteiger partial charge in [0, 0.05) is 6.54 Å². The molecule has 0 unspecified atom stereocenters. The fourth-order valence-electron chi connectivity index (χ4n) is 3.48. The van der Waals surface area contributed by atoms with Crippen LogP contribution in [0.2, 0.25) is 0 Å². The minimum absolute atomic E-state index is 0.119. The fraction of sp³-hybridized carbons (Fsp3) is 0.238. The zero-order valence-electron chi connectivity index (χ0n) is 15.2. The Bertz CT molecular complexity index is 909. The standard InChI is InChI=1S/C21H21N3O4/c25-11-10-24-12-17-18(20(24)26)19(23-21(27)22-17)15-6-8-16(9-7-15)28-13-14-4-2-1-3-5-14/h1-9,19,25H,10-13H2,(H2,22,23,27)/t19-/m0/s1. The molecule has 1 atom stereocenters. The number of aliphatic hydroxyl groups is 1. The van der Waals surface area contributed by atoms with Crippen LogP contribution in [0.3, 0.4) is 0 Å². The van der Waals surface area contributed by atoms with Gasteiger partial charge in [-0.3, -0.25) is 4.79 Å². The van der Waals surface area contributed by atoms with Crippen LogP contribution < -0.4 is 15.4 Å². The Morgan fingerprint density at radius 3 is 2.54 bits per heavy atom. The quantitative estimate of drug-likeness (QED) is 0.713. The van der Waals surface area contributed by atoms with E-state index in [1.54, 1.807) is 0 Å². The van der Waals surface area contributed by atoms with Gasteiger partial charge in [-0.15, -0.1) is 0 Å². The molecule has 3 amide bonds. The van der Waals surface area contributed by atoms with Crippen molar-refractivity contribution in [2.75, 3.05) is 19.7 Å². The molecule has 4 rings (SSSR count). The maximum atomic E-state index is 12.7. The summed E-state index contributed by atoms with van der Waals surface area (Å²) in [5.41, 5.74) is 2.99. The Kier molecular flexibility index (Phi) is 4.99. The summed E-state index contributed by atoms with van der Waals surface area (Å²) in [6, 6.07) is 16.4. The third kappa shape index (κ3) is 3.57. The monoisotopic (exact) mass is 379 g/mol. The Balaban J connectivity index is 1.50. The smallest absolute Gasteiger partial charge is 0.319 e. The van der Waals surface area contributed by atoms with Crippen LogP contribution in [0.5, 0.6) is 5.75 Å². The molecule has 0 aliphatic carbocycles. The second kappa shape index (κ2) is 7.74. The molecular weight excluding hydrogens is 358 g/mol. The van der Waals surface area contributed by atoms with E-state index in [0.29, 0.717) is 30.2 Å². The van der Waals surface area contributed by atoms with Crippen LogP contribution in [0, 0.1) is 0 Å². The fourth-order valence-corrected chi connectivity index (χ4v) is 3.48. The minimum Gasteiger partial charge on any atom is -0.489 e. The lowest BCUT2D eigenvalue weighted by Gasteiger charge is -2.25. The molecule has 2 aliphatic heterocycles. The van der Waals surface area contributed by atoms with Gasteiger partial charge in [0.1, 0.15) is 12.4 Å². The first kappa shape index (κ1) is 18.1. The van der Waals surface area contributed by atoms with Crippen LogP contribution in [0.15, 0.2) is 65.9 Å². The lowest BCUT2D eigenvalue weighted by atomic mass is 9.96. The van der Waals surface area contributed by atoms with Crippen molar-refractivity contribution in [3.05, 3.63) is 77.0 Å². The number of rotatable bonds is 6. The van der Waals surface area contributed by atoms with Crippen molar-refractivity contribution < 1.29 is 19.4 Å². The number of hydrogen-bond acceptors (Lipinski definition) is 4. The van der Waals surface area contributed by atoms with Crippen LogP contribution in [-0.4, -0.2) is 41.6 Å². The molecule has 0 saturated heterocycles. The number of urea groups is 1. The van der Waals surface area contributed by atoms with Crippen LogP contribution in [0.4, 0.5) is 4.79 Å². The summed E-state index contributed by atoms with van der Waals surface area (Å²) >= 11 is 0. The van der Waals surface area contributed by atoms with E-state index >= 15 is 0 Å². The number of nitrogens with one attached hydrogen (secondary N) is 2. The van der Waals surface area contributed by atoms with Gasteiger partial charge in [0.05, 0.1) is 30.5 Å². The molecule has 2 heterocycles. The van der Waals surface area contributed by atoms with E-state index in [9.17, 15) is 9.59 Å². The number of aliphatic hydroxyl groups excluding tert-OH is 1. The summed E-state index contributed by atoms with van der Waals surface area (Å²) < 4.78 is 5.80. The molecule has 144 valence electrons. The van der Waals surface area contributed by atoms with Crippen molar-refractivity contribution >= 4 is 11.9 Å². The number of ether oxygens (including phenoxy) is 1. The Morgan fingerprint density at radius 2 is 1.82 bits per heavy atom. The van der Waals surface area contributed by atoms with E-state index in [0.717, 1.165) is 11.1 Å². The van der Waals surface area contributed by atoms with Gasteiger partial charge < -0.3 is 25.4 Å². The van der Waals surface area contributed by atoms with Crippen LogP contribution in [0.25, 0.3) is 0 Å². The van der Waals surface area contributed by atoms with Crippen molar-refractivity contribution in [1.29, 1.82) is 0 Å². The third-order valence-corrected chi connectivity index (χ3v) is 4.85. The maximum absolute atomic E-state index is 12.7. The predicted molar refractivity (Wildman–Crippen MR) is 102 cm³/mol. The second-order valence-corrected chi connectivity index (χ2v) is 6.72. The van der Waals surface area contributed by atoms with E-state index in [2.05, 4.69) is 10.6 Å². The molecular formula is C21H21N3O4. The molecule has 0 spiro atoms. The van der Waals surface area contributed by atoms with E-state index in [4.69, 9.17) is 9.84 Å². The van der Waals surface area contributed by atoms with Gasteiger partial charge in [-0.25, -0.2) is 4.79 Å². The molecule has 7 heteroatoms. The highest BCUT2D eigenvalue weighted by Gasteiger charge is 2.40. The number of hydrogen-bond donors (Lipinski definition) is 3. The molecule has 2 aromatic rings.